The Morgan fingerprint density at radius 2 is 1.49 bits per heavy atom. The van der Waals surface area contributed by atoms with E-state index in [9.17, 15) is 4.79 Å². The molecule has 0 aliphatic heterocycles. The van der Waals surface area contributed by atoms with E-state index < -0.39 is 0 Å². The Bertz CT molecular complexity index is 896. The zero-order valence-corrected chi connectivity index (χ0v) is 25.0. The quantitative estimate of drug-likeness (QED) is 0.0881. The van der Waals surface area contributed by atoms with Crippen molar-refractivity contribution >= 4 is 45.9 Å². The number of imidazole rings is 1. The lowest BCUT2D eigenvalue weighted by Crippen LogP contribution is -2.27. The zero-order chi connectivity index (χ0) is 26.9. The van der Waals surface area contributed by atoms with Crippen LogP contribution in [-0.4, -0.2) is 47.0 Å². The van der Waals surface area contributed by atoms with Crippen molar-refractivity contribution < 1.29 is 9.53 Å². The van der Waals surface area contributed by atoms with Crippen molar-refractivity contribution in [2.45, 2.75) is 103 Å². The van der Waals surface area contributed by atoms with Crippen LogP contribution < -0.4 is 4.90 Å². The van der Waals surface area contributed by atoms with Crippen molar-refractivity contribution in [1.82, 2.24) is 9.55 Å². The molecule has 0 N–H and O–H groups in total. The molecule has 1 aromatic heterocycles. The molecule has 0 bridgehead atoms. The molecule has 0 aliphatic carbocycles. The van der Waals surface area contributed by atoms with Crippen molar-refractivity contribution in [1.29, 1.82) is 0 Å². The normalized spacial score (nSPS) is 12.2. The summed E-state index contributed by atoms with van der Waals surface area (Å²) in [6.45, 7) is 6.23. The molecule has 0 amide bonds. The lowest BCUT2D eigenvalue weighted by molar-refractivity contribution is -0.146. The molecule has 1 atom stereocenters. The van der Waals surface area contributed by atoms with E-state index >= 15 is 0 Å². The fraction of sp³-hybridized carbons (Fsp3) is 0.733. The van der Waals surface area contributed by atoms with Crippen LogP contribution in [0.25, 0.3) is 11.0 Å². The molecule has 0 spiro atoms. The zero-order valence-electron chi connectivity index (χ0n) is 23.5. The highest BCUT2D eigenvalue weighted by atomic mass is 35.5. The van der Waals surface area contributed by atoms with Gasteiger partial charge >= 0.3 is 5.97 Å². The van der Waals surface area contributed by atoms with E-state index in [0.717, 1.165) is 48.5 Å². The third-order valence-corrected chi connectivity index (χ3v) is 7.56. The van der Waals surface area contributed by atoms with E-state index in [1.165, 1.54) is 64.2 Å². The lowest BCUT2D eigenvalue weighted by Gasteiger charge is -2.22. The molecular weight excluding hydrogens is 505 g/mol. The lowest BCUT2D eigenvalue weighted by atomic mass is 10.1. The fourth-order valence-corrected chi connectivity index (χ4v) is 5.37. The summed E-state index contributed by atoms with van der Waals surface area (Å²) < 4.78 is 7.71. The molecule has 2 rings (SSSR count). The van der Waals surface area contributed by atoms with Crippen LogP contribution >= 0.6 is 23.2 Å². The Labute approximate surface area is 235 Å². The molecule has 2 aromatic rings. The topological polar surface area (TPSA) is 47.4 Å². The first kappa shape index (κ1) is 31.8. The number of aromatic nitrogens is 2. The van der Waals surface area contributed by atoms with Gasteiger partial charge < -0.3 is 14.2 Å². The molecule has 0 saturated carbocycles. The maximum Gasteiger partial charge on any atom is 0.316 e. The van der Waals surface area contributed by atoms with Gasteiger partial charge in [0.1, 0.15) is 11.7 Å². The summed E-state index contributed by atoms with van der Waals surface area (Å²) in [5.74, 6) is 1.29. The van der Waals surface area contributed by atoms with Gasteiger partial charge in [0.2, 0.25) is 0 Å². The van der Waals surface area contributed by atoms with Crippen LogP contribution in [0.15, 0.2) is 18.2 Å². The molecule has 1 heterocycles. The first-order chi connectivity index (χ1) is 18.1. The number of esters is 1. The number of halogens is 2. The maximum atomic E-state index is 12.9. The second-order valence-corrected chi connectivity index (χ2v) is 10.8. The first-order valence-corrected chi connectivity index (χ1v) is 15.6. The number of nitrogens with zero attached hydrogens (tertiary/aromatic N) is 3. The molecule has 7 heteroatoms. The third kappa shape index (κ3) is 10.7. The van der Waals surface area contributed by atoms with E-state index in [1.807, 2.05) is 18.5 Å². The standard InChI is InChI=1S/C30H49Cl2N3O2/c1-4-6-7-8-9-10-11-12-13-14-15-16-23-37-30(36)26(5-2)29-33-27-24-25(17-18-28(27)34(29)3)35(21-19-31)22-20-32/h17-18,24,26H,4-16,19-23H2,1-3H3. The summed E-state index contributed by atoms with van der Waals surface area (Å²) in [6, 6.07) is 6.18. The van der Waals surface area contributed by atoms with Gasteiger partial charge in [-0.2, -0.15) is 0 Å². The summed E-state index contributed by atoms with van der Waals surface area (Å²) >= 11 is 12.0. The fourth-order valence-electron chi connectivity index (χ4n) is 4.96. The van der Waals surface area contributed by atoms with Crippen LogP contribution in [0.4, 0.5) is 5.69 Å². The number of alkyl halides is 2. The van der Waals surface area contributed by atoms with Crippen molar-refractivity contribution in [3.05, 3.63) is 24.0 Å². The minimum Gasteiger partial charge on any atom is -0.465 e. The predicted octanol–water partition coefficient (Wildman–Crippen LogP) is 8.60. The van der Waals surface area contributed by atoms with Crippen LogP contribution in [0.2, 0.25) is 0 Å². The molecule has 37 heavy (non-hydrogen) atoms. The van der Waals surface area contributed by atoms with E-state index in [-0.39, 0.29) is 11.9 Å². The number of hydrogen-bond donors (Lipinski definition) is 0. The van der Waals surface area contributed by atoms with Gasteiger partial charge in [-0.1, -0.05) is 84.5 Å². The summed E-state index contributed by atoms with van der Waals surface area (Å²) in [6.07, 6.45) is 16.2. The van der Waals surface area contributed by atoms with Crippen LogP contribution in [0.1, 0.15) is 109 Å². The molecule has 210 valence electrons. The number of anilines is 1. The van der Waals surface area contributed by atoms with E-state index in [1.54, 1.807) is 0 Å². The van der Waals surface area contributed by atoms with Crippen LogP contribution in [0.5, 0.6) is 0 Å². The van der Waals surface area contributed by atoms with Crippen molar-refractivity contribution in [3.63, 3.8) is 0 Å². The van der Waals surface area contributed by atoms with Crippen molar-refractivity contribution in [3.8, 4) is 0 Å². The molecule has 0 radical (unpaired) electrons. The number of rotatable bonds is 21. The average Bonchev–Trinajstić information content (AvgIpc) is 3.22. The highest BCUT2D eigenvalue weighted by Crippen LogP contribution is 2.28. The number of carbonyl (C=O) groups excluding carboxylic acids is 1. The van der Waals surface area contributed by atoms with Gasteiger partial charge in [-0.05, 0) is 31.0 Å². The van der Waals surface area contributed by atoms with E-state index in [0.29, 0.717) is 24.8 Å². The second-order valence-electron chi connectivity index (χ2n) is 10.1. The number of hydrogen-bond acceptors (Lipinski definition) is 4. The maximum absolute atomic E-state index is 12.9. The van der Waals surface area contributed by atoms with Crippen LogP contribution in [0.3, 0.4) is 0 Å². The first-order valence-electron chi connectivity index (χ1n) is 14.6. The number of aryl methyl sites for hydroxylation is 1. The van der Waals surface area contributed by atoms with Crippen molar-refractivity contribution in [2.75, 3.05) is 36.4 Å². The van der Waals surface area contributed by atoms with Crippen molar-refractivity contribution in [2.24, 2.45) is 7.05 Å². The van der Waals surface area contributed by atoms with Gasteiger partial charge in [0.15, 0.2) is 0 Å². The Balaban J connectivity index is 1.78. The Kier molecular flexibility index (Phi) is 16.1. The SMILES string of the molecule is CCCCCCCCCCCCCCOC(=O)C(CC)c1nc2cc(N(CCCl)CCCl)ccc2n1C. The number of carbonyl (C=O) groups is 1. The van der Waals surface area contributed by atoms with E-state index in [2.05, 4.69) is 30.0 Å². The molecule has 0 fully saturated rings. The van der Waals surface area contributed by atoms with Gasteiger partial charge in [0, 0.05) is 37.6 Å². The summed E-state index contributed by atoms with van der Waals surface area (Å²) in [4.78, 5) is 19.9. The number of ether oxygens (including phenoxy) is 1. The van der Waals surface area contributed by atoms with Gasteiger partial charge in [-0.15, -0.1) is 23.2 Å². The summed E-state index contributed by atoms with van der Waals surface area (Å²) in [7, 11) is 1.97. The molecule has 1 aromatic carbocycles. The predicted molar refractivity (Wildman–Crippen MR) is 159 cm³/mol. The number of fused-ring (bicyclic) bond motifs is 1. The third-order valence-electron chi connectivity index (χ3n) is 7.22. The second kappa shape index (κ2) is 18.7. The van der Waals surface area contributed by atoms with Gasteiger partial charge in [0.25, 0.3) is 0 Å². The molecule has 0 aliphatic rings. The average molecular weight is 555 g/mol. The Hall–Kier alpha value is -1.46. The van der Waals surface area contributed by atoms with Gasteiger partial charge in [0.05, 0.1) is 17.6 Å². The summed E-state index contributed by atoms with van der Waals surface area (Å²) in [5, 5.41) is 0. The smallest absolute Gasteiger partial charge is 0.316 e. The van der Waals surface area contributed by atoms with E-state index in [4.69, 9.17) is 32.9 Å². The monoisotopic (exact) mass is 553 g/mol. The molecular formula is C30H49Cl2N3O2. The number of unbranched alkanes of at least 4 members (excludes halogenated alkanes) is 11. The highest BCUT2D eigenvalue weighted by molar-refractivity contribution is 6.18. The summed E-state index contributed by atoms with van der Waals surface area (Å²) in [5.41, 5.74) is 2.92. The van der Waals surface area contributed by atoms with Gasteiger partial charge in [-0.3, -0.25) is 4.79 Å². The van der Waals surface area contributed by atoms with Crippen LogP contribution in [-0.2, 0) is 16.6 Å². The largest absolute Gasteiger partial charge is 0.465 e. The Morgan fingerprint density at radius 3 is 2.03 bits per heavy atom. The highest BCUT2D eigenvalue weighted by Gasteiger charge is 2.26. The Morgan fingerprint density at radius 1 is 0.919 bits per heavy atom. The number of benzene rings is 1. The molecule has 0 saturated heterocycles. The minimum atomic E-state index is -0.361. The molecule has 5 nitrogen and oxygen atoms in total. The minimum absolute atomic E-state index is 0.171. The molecule has 1 unspecified atom stereocenters. The van der Waals surface area contributed by atoms with Gasteiger partial charge in [-0.25, -0.2) is 4.98 Å². The van der Waals surface area contributed by atoms with Crippen LogP contribution in [0, 0.1) is 0 Å².